The zero-order valence-electron chi connectivity index (χ0n) is 22.4. The van der Waals surface area contributed by atoms with Crippen LogP contribution >= 0.6 is 0 Å². The van der Waals surface area contributed by atoms with Crippen LogP contribution in [0.1, 0.15) is 16.7 Å². The van der Waals surface area contributed by atoms with Crippen LogP contribution in [0.25, 0.3) is 0 Å². The SMILES string of the molecule is COCCNC(=O)[C@H](Cc1ccccc1)N(Cc1ccc(OC)cc1)C(=O)Cc1ccc(OC)c(OC)c1. The van der Waals surface area contributed by atoms with Gasteiger partial charge in [-0.1, -0.05) is 48.5 Å². The van der Waals surface area contributed by atoms with E-state index in [1.807, 2.05) is 60.7 Å². The first-order chi connectivity index (χ1) is 18.5. The van der Waals surface area contributed by atoms with Crippen LogP contribution in [0.3, 0.4) is 0 Å². The second-order valence-electron chi connectivity index (χ2n) is 8.73. The fourth-order valence-electron chi connectivity index (χ4n) is 4.14. The minimum atomic E-state index is -0.732. The van der Waals surface area contributed by atoms with Gasteiger partial charge in [-0.3, -0.25) is 9.59 Å². The average Bonchev–Trinajstić information content (AvgIpc) is 2.95. The number of rotatable bonds is 14. The molecule has 0 aliphatic rings. The third kappa shape index (κ3) is 7.98. The molecule has 0 fully saturated rings. The highest BCUT2D eigenvalue weighted by atomic mass is 16.5. The van der Waals surface area contributed by atoms with Gasteiger partial charge in [-0.25, -0.2) is 0 Å². The Kier molecular flexibility index (Phi) is 11.0. The first kappa shape index (κ1) is 28.5. The van der Waals surface area contributed by atoms with Crippen molar-refractivity contribution in [1.82, 2.24) is 10.2 Å². The number of nitrogens with zero attached hydrogens (tertiary/aromatic N) is 1. The standard InChI is InChI=1S/C30H36N2O6/c1-35-17-16-31-30(34)26(18-22-8-6-5-7-9-22)32(21-23-10-13-25(36-2)14-11-23)29(33)20-24-12-15-27(37-3)28(19-24)38-4/h5-15,19,26H,16-18,20-21H2,1-4H3,(H,31,34)/t26-/m0/s1. The number of ether oxygens (including phenoxy) is 4. The highest BCUT2D eigenvalue weighted by Gasteiger charge is 2.30. The quantitative estimate of drug-likeness (QED) is 0.327. The molecule has 2 amide bonds. The lowest BCUT2D eigenvalue weighted by Crippen LogP contribution is -2.51. The highest BCUT2D eigenvalue weighted by molar-refractivity contribution is 5.89. The van der Waals surface area contributed by atoms with Crippen molar-refractivity contribution in [3.05, 3.63) is 89.5 Å². The molecule has 1 atom stereocenters. The Morgan fingerprint density at radius 1 is 0.789 bits per heavy atom. The van der Waals surface area contributed by atoms with E-state index < -0.39 is 6.04 Å². The molecule has 8 heteroatoms. The molecule has 0 aliphatic carbocycles. The second-order valence-corrected chi connectivity index (χ2v) is 8.73. The van der Waals surface area contributed by atoms with Gasteiger partial charge in [0.1, 0.15) is 11.8 Å². The van der Waals surface area contributed by atoms with Gasteiger partial charge in [0.05, 0.1) is 34.4 Å². The molecule has 3 aromatic rings. The smallest absolute Gasteiger partial charge is 0.243 e. The Balaban J connectivity index is 1.96. The van der Waals surface area contributed by atoms with E-state index in [1.54, 1.807) is 45.5 Å². The van der Waals surface area contributed by atoms with Crippen molar-refractivity contribution in [2.75, 3.05) is 41.6 Å². The minimum Gasteiger partial charge on any atom is -0.497 e. The third-order valence-corrected chi connectivity index (χ3v) is 6.19. The van der Waals surface area contributed by atoms with Gasteiger partial charge < -0.3 is 29.2 Å². The van der Waals surface area contributed by atoms with Crippen molar-refractivity contribution in [3.63, 3.8) is 0 Å². The van der Waals surface area contributed by atoms with Gasteiger partial charge in [0, 0.05) is 26.6 Å². The molecular formula is C30H36N2O6. The normalized spacial score (nSPS) is 11.4. The number of benzene rings is 3. The van der Waals surface area contributed by atoms with E-state index in [-0.39, 0.29) is 24.8 Å². The van der Waals surface area contributed by atoms with Crippen molar-refractivity contribution >= 4 is 11.8 Å². The van der Waals surface area contributed by atoms with E-state index >= 15 is 0 Å². The van der Waals surface area contributed by atoms with E-state index in [9.17, 15) is 9.59 Å². The van der Waals surface area contributed by atoms with Crippen molar-refractivity contribution in [3.8, 4) is 17.2 Å². The predicted octanol–water partition coefficient (Wildman–Crippen LogP) is 3.66. The van der Waals surface area contributed by atoms with Gasteiger partial charge in [0.25, 0.3) is 0 Å². The van der Waals surface area contributed by atoms with E-state index in [0.717, 1.165) is 22.4 Å². The molecule has 202 valence electrons. The van der Waals surface area contributed by atoms with Crippen molar-refractivity contribution < 1.29 is 28.5 Å². The Bertz CT molecular complexity index is 1170. The lowest BCUT2D eigenvalue weighted by Gasteiger charge is -2.32. The number of nitrogens with one attached hydrogen (secondary N) is 1. The van der Waals surface area contributed by atoms with Gasteiger partial charge in [0.2, 0.25) is 11.8 Å². The summed E-state index contributed by atoms with van der Waals surface area (Å²) < 4.78 is 21.1. The van der Waals surface area contributed by atoms with Crippen LogP contribution in [-0.2, 0) is 33.7 Å². The maximum atomic E-state index is 13.9. The summed E-state index contributed by atoms with van der Waals surface area (Å²) in [5.41, 5.74) is 2.60. The molecule has 3 aromatic carbocycles. The molecule has 0 aliphatic heterocycles. The lowest BCUT2D eigenvalue weighted by atomic mass is 10.0. The molecule has 0 heterocycles. The molecular weight excluding hydrogens is 484 g/mol. The van der Waals surface area contributed by atoms with E-state index in [4.69, 9.17) is 18.9 Å². The van der Waals surface area contributed by atoms with Crippen LogP contribution in [0.4, 0.5) is 0 Å². The summed E-state index contributed by atoms with van der Waals surface area (Å²) in [5.74, 6) is 1.42. The minimum absolute atomic E-state index is 0.0904. The summed E-state index contributed by atoms with van der Waals surface area (Å²) in [4.78, 5) is 29.0. The van der Waals surface area contributed by atoms with Crippen LogP contribution in [-0.4, -0.2) is 64.3 Å². The van der Waals surface area contributed by atoms with E-state index in [1.165, 1.54) is 0 Å². The molecule has 0 bridgehead atoms. The fraction of sp³-hybridized carbons (Fsp3) is 0.333. The summed E-state index contributed by atoms with van der Waals surface area (Å²) in [5, 5.41) is 2.93. The summed E-state index contributed by atoms with van der Waals surface area (Å²) in [6.45, 7) is 0.980. The van der Waals surface area contributed by atoms with Crippen LogP contribution in [0.5, 0.6) is 17.2 Å². The van der Waals surface area contributed by atoms with Crippen molar-refractivity contribution in [2.45, 2.75) is 25.4 Å². The molecule has 3 rings (SSSR count). The molecule has 8 nitrogen and oxygen atoms in total. The van der Waals surface area contributed by atoms with Crippen LogP contribution < -0.4 is 19.5 Å². The average molecular weight is 521 g/mol. The van der Waals surface area contributed by atoms with Crippen molar-refractivity contribution in [2.24, 2.45) is 0 Å². The number of carbonyl (C=O) groups is 2. The number of amides is 2. The Labute approximate surface area is 224 Å². The topological polar surface area (TPSA) is 86.3 Å². The molecule has 0 radical (unpaired) electrons. The van der Waals surface area contributed by atoms with Gasteiger partial charge in [-0.2, -0.15) is 0 Å². The fourth-order valence-corrected chi connectivity index (χ4v) is 4.14. The van der Waals surface area contributed by atoms with E-state index in [0.29, 0.717) is 31.1 Å². The maximum Gasteiger partial charge on any atom is 0.243 e. The monoisotopic (exact) mass is 520 g/mol. The summed E-state index contributed by atoms with van der Waals surface area (Å²) in [6, 6.07) is 21.8. The summed E-state index contributed by atoms with van der Waals surface area (Å²) >= 11 is 0. The summed E-state index contributed by atoms with van der Waals surface area (Å²) in [7, 11) is 6.31. The Morgan fingerprint density at radius 3 is 2.11 bits per heavy atom. The number of hydrogen-bond donors (Lipinski definition) is 1. The number of hydrogen-bond acceptors (Lipinski definition) is 6. The van der Waals surface area contributed by atoms with Gasteiger partial charge in [-0.15, -0.1) is 0 Å². The second kappa shape index (κ2) is 14.6. The lowest BCUT2D eigenvalue weighted by molar-refractivity contribution is -0.140. The Hall–Kier alpha value is -4.04. The molecule has 1 N–H and O–H groups in total. The highest BCUT2D eigenvalue weighted by Crippen LogP contribution is 2.28. The van der Waals surface area contributed by atoms with Gasteiger partial charge in [-0.05, 0) is 41.0 Å². The first-order valence-electron chi connectivity index (χ1n) is 12.4. The van der Waals surface area contributed by atoms with Crippen molar-refractivity contribution in [1.29, 1.82) is 0 Å². The zero-order chi connectivity index (χ0) is 27.3. The first-order valence-corrected chi connectivity index (χ1v) is 12.4. The largest absolute Gasteiger partial charge is 0.497 e. The van der Waals surface area contributed by atoms with Crippen LogP contribution in [0.2, 0.25) is 0 Å². The van der Waals surface area contributed by atoms with Crippen LogP contribution in [0.15, 0.2) is 72.8 Å². The molecule has 0 saturated heterocycles. The molecule has 38 heavy (non-hydrogen) atoms. The van der Waals surface area contributed by atoms with Gasteiger partial charge in [0.15, 0.2) is 11.5 Å². The molecule has 0 spiro atoms. The number of methoxy groups -OCH3 is 4. The molecule has 0 saturated carbocycles. The third-order valence-electron chi connectivity index (χ3n) is 6.19. The maximum absolute atomic E-state index is 13.9. The zero-order valence-corrected chi connectivity index (χ0v) is 22.4. The molecule has 0 aromatic heterocycles. The van der Waals surface area contributed by atoms with Gasteiger partial charge >= 0.3 is 0 Å². The Morgan fingerprint density at radius 2 is 1.47 bits per heavy atom. The van der Waals surface area contributed by atoms with E-state index in [2.05, 4.69) is 5.32 Å². The van der Waals surface area contributed by atoms with Crippen LogP contribution in [0, 0.1) is 0 Å². The molecule has 0 unspecified atom stereocenters. The number of carbonyl (C=O) groups excluding carboxylic acids is 2. The predicted molar refractivity (Wildman–Crippen MR) is 146 cm³/mol. The summed E-state index contributed by atoms with van der Waals surface area (Å²) in [6.07, 6.45) is 0.459.